The Morgan fingerprint density at radius 3 is 2.77 bits per heavy atom. The maximum absolute atomic E-state index is 9.20. The van der Waals surface area contributed by atoms with E-state index in [1.807, 2.05) is 6.07 Å². The molecule has 0 spiro atoms. The Hall–Kier alpha value is 0.450. The molecule has 0 radical (unpaired) electrons. The van der Waals surface area contributed by atoms with E-state index in [1.165, 1.54) is 4.21 Å². The first-order chi connectivity index (χ1) is 6.24. The number of ether oxygens (including phenoxy) is 1. The molecule has 5 heteroatoms. The Balaban J connectivity index is 2.04. The second-order valence-electron chi connectivity index (χ2n) is 2.99. The number of halogens is 1. The predicted molar refractivity (Wildman–Crippen MR) is 58.5 cm³/mol. The van der Waals surface area contributed by atoms with E-state index in [-0.39, 0.29) is 11.4 Å². The lowest BCUT2D eigenvalue weighted by molar-refractivity contribution is -0.0318. The van der Waals surface area contributed by atoms with Crippen molar-refractivity contribution in [1.29, 1.82) is 0 Å². The second-order valence-corrected chi connectivity index (χ2v) is 7.23. The van der Waals surface area contributed by atoms with Gasteiger partial charge in [0.2, 0.25) is 0 Å². The number of thiophene rings is 1. The average molecular weight is 281 g/mol. The number of thioether (sulfide) groups is 1. The molecule has 0 aromatic carbocycles. The molecule has 0 atom stereocenters. The smallest absolute Gasteiger partial charge is 0.0910 e. The van der Waals surface area contributed by atoms with E-state index in [9.17, 15) is 5.11 Å². The molecule has 1 aromatic rings. The van der Waals surface area contributed by atoms with Gasteiger partial charge in [0.1, 0.15) is 0 Å². The van der Waals surface area contributed by atoms with Gasteiger partial charge in [-0.25, -0.2) is 0 Å². The van der Waals surface area contributed by atoms with Crippen LogP contribution in [0, 0.1) is 0 Å². The summed E-state index contributed by atoms with van der Waals surface area (Å²) in [5.41, 5.74) is 0. The van der Waals surface area contributed by atoms with E-state index in [0.717, 1.165) is 3.79 Å². The van der Waals surface area contributed by atoms with Gasteiger partial charge in [-0.2, -0.15) is 0 Å². The van der Waals surface area contributed by atoms with Crippen LogP contribution in [0.3, 0.4) is 0 Å². The zero-order valence-electron chi connectivity index (χ0n) is 6.83. The van der Waals surface area contributed by atoms with E-state index in [0.29, 0.717) is 13.2 Å². The standard InChI is InChI=1S/C8H9BrO2S2/c9-6-1-2-7(12-6)13-8(3-10)4-11-5-8/h1-2,10H,3-5H2. The summed E-state index contributed by atoms with van der Waals surface area (Å²) in [5, 5.41) is 9.20. The van der Waals surface area contributed by atoms with Crippen molar-refractivity contribution in [2.24, 2.45) is 0 Å². The fourth-order valence-electron chi connectivity index (χ4n) is 1.08. The summed E-state index contributed by atoms with van der Waals surface area (Å²) < 4.78 is 7.40. The van der Waals surface area contributed by atoms with Crippen LogP contribution in [0.5, 0.6) is 0 Å². The molecule has 0 bridgehead atoms. The van der Waals surface area contributed by atoms with E-state index < -0.39 is 0 Å². The van der Waals surface area contributed by atoms with Crippen LogP contribution in [0.25, 0.3) is 0 Å². The Bertz CT molecular complexity index is 291. The molecule has 2 heterocycles. The number of aliphatic hydroxyl groups is 1. The highest BCUT2D eigenvalue weighted by Crippen LogP contribution is 2.42. The summed E-state index contributed by atoms with van der Waals surface area (Å²) in [6.07, 6.45) is 0. The minimum Gasteiger partial charge on any atom is -0.395 e. The summed E-state index contributed by atoms with van der Waals surface area (Å²) in [5.74, 6) is 0. The van der Waals surface area contributed by atoms with Crippen molar-refractivity contribution >= 4 is 39.0 Å². The zero-order valence-corrected chi connectivity index (χ0v) is 10.0. The summed E-state index contributed by atoms with van der Waals surface area (Å²) in [4.78, 5) is 0. The van der Waals surface area contributed by atoms with Gasteiger partial charge in [0.05, 0.1) is 32.6 Å². The van der Waals surface area contributed by atoms with E-state index in [1.54, 1.807) is 23.1 Å². The Labute approximate surface area is 93.4 Å². The van der Waals surface area contributed by atoms with Gasteiger partial charge in [-0.3, -0.25) is 0 Å². The van der Waals surface area contributed by atoms with Crippen molar-refractivity contribution < 1.29 is 9.84 Å². The monoisotopic (exact) mass is 280 g/mol. The van der Waals surface area contributed by atoms with Crippen LogP contribution in [0.2, 0.25) is 0 Å². The molecule has 2 rings (SSSR count). The van der Waals surface area contributed by atoms with Crippen molar-refractivity contribution in [2.45, 2.75) is 8.96 Å². The van der Waals surface area contributed by atoms with Gasteiger partial charge < -0.3 is 9.84 Å². The lowest BCUT2D eigenvalue weighted by atomic mass is 10.1. The van der Waals surface area contributed by atoms with Gasteiger partial charge in [-0.1, -0.05) is 0 Å². The molecular weight excluding hydrogens is 272 g/mol. The first kappa shape index (κ1) is 9.98. The third-order valence-corrected chi connectivity index (χ3v) is 4.94. The second kappa shape index (κ2) is 3.90. The zero-order chi connectivity index (χ0) is 9.31. The van der Waals surface area contributed by atoms with Gasteiger partial charge in [0.25, 0.3) is 0 Å². The van der Waals surface area contributed by atoms with E-state index >= 15 is 0 Å². The Kier molecular flexibility index (Phi) is 3.00. The summed E-state index contributed by atoms with van der Waals surface area (Å²) in [6, 6.07) is 4.09. The van der Waals surface area contributed by atoms with Crippen LogP contribution in [0.1, 0.15) is 0 Å². The molecule has 1 saturated heterocycles. The fraction of sp³-hybridized carbons (Fsp3) is 0.500. The van der Waals surface area contributed by atoms with Crippen LogP contribution in [0.15, 0.2) is 20.1 Å². The molecule has 0 amide bonds. The number of aliphatic hydroxyl groups excluding tert-OH is 1. The Morgan fingerprint density at radius 1 is 1.62 bits per heavy atom. The van der Waals surface area contributed by atoms with E-state index in [4.69, 9.17) is 4.74 Å². The molecule has 0 saturated carbocycles. The highest BCUT2D eigenvalue weighted by Gasteiger charge is 2.39. The van der Waals surface area contributed by atoms with Crippen LogP contribution >= 0.6 is 39.0 Å². The lowest BCUT2D eigenvalue weighted by Crippen LogP contribution is -2.49. The van der Waals surface area contributed by atoms with Crippen LogP contribution < -0.4 is 0 Å². The summed E-state index contributed by atoms with van der Waals surface area (Å²) in [6.45, 7) is 1.50. The number of hydrogen-bond donors (Lipinski definition) is 1. The van der Waals surface area contributed by atoms with Crippen molar-refractivity contribution in [2.75, 3.05) is 19.8 Å². The molecule has 1 aromatic heterocycles. The minimum absolute atomic E-state index is 0.0791. The predicted octanol–water partition coefficient (Wildman–Crippen LogP) is 2.36. The van der Waals surface area contributed by atoms with Gasteiger partial charge in [-0.15, -0.1) is 23.1 Å². The average Bonchev–Trinajstić information content (AvgIpc) is 2.44. The molecule has 13 heavy (non-hydrogen) atoms. The SMILES string of the molecule is OCC1(Sc2ccc(Br)s2)COC1. The van der Waals surface area contributed by atoms with Crippen molar-refractivity contribution in [3.8, 4) is 0 Å². The fourth-order valence-corrected chi connectivity index (χ4v) is 4.40. The number of hydrogen-bond acceptors (Lipinski definition) is 4. The lowest BCUT2D eigenvalue weighted by Gasteiger charge is -2.38. The van der Waals surface area contributed by atoms with Crippen LogP contribution in [-0.2, 0) is 4.74 Å². The third kappa shape index (κ3) is 2.10. The molecule has 1 fully saturated rings. The molecule has 1 aliphatic heterocycles. The molecule has 0 aliphatic carbocycles. The summed E-state index contributed by atoms with van der Waals surface area (Å²) in [7, 11) is 0. The summed E-state index contributed by atoms with van der Waals surface area (Å²) >= 11 is 6.82. The maximum atomic E-state index is 9.20. The molecular formula is C8H9BrO2S2. The molecule has 72 valence electrons. The largest absolute Gasteiger partial charge is 0.395 e. The third-order valence-electron chi connectivity index (χ3n) is 1.88. The van der Waals surface area contributed by atoms with E-state index in [2.05, 4.69) is 22.0 Å². The first-order valence-corrected chi connectivity index (χ1v) is 6.30. The van der Waals surface area contributed by atoms with Crippen LogP contribution in [0.4, 0.5) is 0 Å². The maximum Gasteiger partial charge on any atom is 0.0910 e. The van der Waals surface area contributed by atoms with Crippen LogP contribution in [-0.4, -0.2) is 29.7 Å². The normalized spacial score (nSPS) is 19.8. The Morgan fingerprint density at radius 2 is 2.38 bits per heavy atom. The van der Waals surface area contributed by atoms with Gasteiger partial charge >= 0.3 is 0 Å². The highest BCUT2D eigenvalue weighted by atomic mass is 79.9. The van der Waals surface area contributed by atoms with Crippen molar-refractivity contribution in [3.05, 3.63) is 15.9 Å². The van der Waals surface area contributed by atoms with Gasteiger partial charge in [0.15, 0.2) is 0 Å². The first-order valence-electron chi connectivity index (χ1n) is 3.87. The molecule has 1 aliphatic rings. The van der Waals surface area contributed by atoms with Crippen molar-refractivity contribution in [3.63, 3.8) is 0 Å². The molecule has 0 unspecified atom stereocenters. The number of rotatable bonds is 3. The highest BCUT2D eigenvalue weighted by molar-refractivity contribution is 9.11. The quantitative estimate of drug-likeness (QED) is 0.922. The van der Waals surface area contributed by atoms with Gasteiger partial charge in [-0.05, 0) is 28.1 Å². The van der Waals surface area contributed by atoms with Gasteiger partial charge in [0, 0.05) is 0 Å². The minimum atomic E-state index is -0.0791. The molecule has 2 nitrogen and oxygen atoms in total. The topological polar surface area (TPSA) is 29.5 Å². The van der Waals surface area contributed by atoms with Crippen molar-refractivity contribution in [1.82, 2.24) is 0 Å². The molecule has 1 N–H and O–H groups in total.